The van der Waals surface area contributed by atoms with Crippen molar-refractivity contribution in [2.45, 2.75) is 38.1 Å². The maximum Gasteiger partial charge on any atom is 0.242 e. The van der Waals surface area contributed by atoms with Gasteiger partial charge in [0.25, 0.3) is 0 Å². The molecular weight excluding hydrogens is 400 g/mol. The molecule has 0 aliphatic rings. The predicted molar refractivity (Wildman–Crippen MR) is 111 cm³/mol. The summed E-state index contributed by atoms with van der Waals surface area (Å²) >= 11 is 6.00. The van der Waals surface area contributed by atoms with Gasteiger partial charge in [0.05, 0.1) is 12.0 Å². The molecule has 0 saturated heterocycles. The summed E-state index contributed by atoms with van der Waals surface area (Å²) in [6.07, 6.45) is 0.348. The van der Waals surface area contributed by atoms with E-state index in [2.05, 4.69) is 10.0 Å². The number of amides is 1. The van der Waals surface area contributed by atoms with Crippen LogP contribution in [0.1, 0.15) is 25.8 Å². The van der Waals surface area contributed by atoms with Gasteiger partial charge in [-0.2, -0.15) is 4.72 Å². The number of rotatable bonds is 8. The second kappa shape index (κ2) is 9.41. The lowest BCUT2D eigenvalue weighted by Gasteiger charge is -2.21. The first-order valence-electron chi connectivity index (χ1n) is 8.86. The van der Waals surface area contributed by atoms with Gasteiger partial charge >= 0.3 is 0 Å². The van der Waals surface area contributed by atoms with Crippen molar-refractivity contribution in [1.29, 1.82) is 0 Å². The van der Waals surface area contributed by atoms with E-state index in [0.717, 1.165) is 5.56 Å². The first-order chi connectivity index (χ1) is 13.1. The molecular formula is C20H25ClN2O4S. The fraction of sp³-hybridized carbons (Fsp3) is 0.350. The minimum atomic E-state index is -3.88. The van der Waals surface area contributed by atoms with E-state index in [4.69, 9.17) is 16.3 Å². The number of methoxy groups -OCH3 is 1. The number of carbonyl (C=O) groups excluding carboxylic acids is 1. The molecule has 2 rings (SSSR count). The zero-order valence-corrected chi connectivity index (χ0v) is 17.9. The first-order valence-corrected chi connectivity index (χ1v) is 10.7. The molecule has 0 aliphatic heterocycles. The molecule has 0 heterocycles. The number of hydrogen-bond acceptors (Lipinski definition) is 4. The van der Waals surface area contributed by atoms with Crippen LogP contribution in [0.3, 0.4) is 0 Å². The number of benzene rings is 2. The molecule has 0 bridgehead atoms. The number of aryl methyl sites for hydroxylation is 1. The highest BCUT2D eigenvalue weighted by atomic mass is 35.5. The van der Waals surface area contributed by atoms with Crippen LogP contribution in [0.5, 0.6) is 5.75 Å². The summed E-state index contributed by atoms with van der Waals surface area (Å²) in [7, 11) is -2.38. The van der Waals surface area contributed by atoms with Crippen molar-refractivity contribution in [2.75, 3.05) is 12.4 Å². The second-order valence-corrected chi connectivity index (χ2v) is 9.08. The van der Waals surface area contributed by atoms with Gasteiger partial charge < -0.3 is 10.1 Å². The molecule has 0 radical (unpaired) electrons. The number of carbonyl (C=O) groups is 1. The van der Waals surface area contributed by atoms with Crippen molar-refractivity contribution in [3.63, 3.8) is 0 Å². The highest BCUT2D eigenvalue weighted by Gasteiger charge is 2.27. The Morgan fingerprint density at radius 2 is 1.79 bits per heavy atom. The van der Waals surface area contributed by atoms with Crippen molar-refractivity contribution < 1.29 is 17.9 Å². The number of anilines is 1. The number of halogens is 1. The molecule has 0 aliphatic carbocycles. The average Bonchev–Trinajstić information content (AvgIpc) is 2.63. The summed E-state index contributed by atoms with van der Waals surface area (Å²) in [5, 5.41) is 3.26. The SMILES string of the molecule is COc1ccc(S(=O)(=O)N[C@@H](CC(C)C)C(=O)Nc2cc(Cl)ccc2C)cc1. The Labute approximate surface area is 171 Å². The predicted octanol–water partition coefficient (Wildman–Crippen LogP) is 3.99. The largest absolute Gasteiger partial charge is 0.497 e. The molecule has 0 fully saturated rings. The molecule has 2 aromatic carbocycles. The average molecular weight is 425 g/mol. The van der Waals surface area contributed by atoms with Crippen LogP contribution in [-0.4, -0.2) is 27.5 Å². The fourth-order valence-corrected chi connectivity index (χ4v) is 4.02. The van der Waals surface area contributed by atoms with E-state index >= 15 is 0 Å². The molecule has 28 heavy (non-hydrogen) atoms. The van der Waals surface area contributed by atoms with Gasteiger partial charge in [-0.1, -0.05) is 31.5 Å². The Balaban J connectivity index is 2.24. The lowest BCUT2D eigenvalue weighted by atomic mass is 10.0. The van der Waals surface area contributed by atoms with Gasteiger partial charge in [0.2, 0.25) is 15.9 Å². The summed E-state index contributed by atoms with van der Waals surface area (Å²) in [4.78, 5) is 12.9. The molecule has 0 aromatic heterocycles. The topological polar surface area (TPSA) is 84.5 Å². The van der Waals surface area contributed by atoms with Gasteiger partial charge in [-0.15, -0.1) is 0 Å². The Morgan fingerprint density at radius 3 is 2.36 bits per heavy atom. The molecule has 2 aromatic rings. The number of hydrogen-bond donors (Lipinski definition) is 2. The summed E-state index contributed by atoms with van der Waals surface area (Å²) in [5.41, 5.74) is 1.38. The maximum atomic E-state index is 12.8. The Kier molecular flexibility index (Phi) is 7.46. The quantitative estimate of drug-likeness (QED) is 0.671. The van der Waals surface area contributed by atoms with E-state index < -0.39 is 22.0 Å². The lowest BCUT2D eigenvalue weighted by Crippen LogP contribution is -2.44. The molecule has 152 valence electrons. The first kappa shape index (κ1) is 22.2. The monoisotopic (exact) mass is 424 g/mol. The van der Waals surface area contributed by atoms with Crippen LogP contribution in [0, 0.1) is 12.8 Å². The van der Waals surface area contributed by atoms with Gasteiger partial charge in [-0.3, -0.25) is 4.79 Å². The highest BCUT2D eigenvalue weighted by Crippen LogP contribution is 2.22. The second-order valence-electron chi connectivity index (χ2n) is 6.93. The van der Waals surface area contributed by atoms with Gasteiger partial charge in [0.15, 0.2) is 0 Å². The molecule has 0 unspecified atom stereocenters. The van der Waals surface area contributed by atoms with E-state index in [1.165, 1.54) is 19.2 Å². The number of nitrogens with one attached hydrogen (secondary N) is 2. The zero-order chi connectivity index (χ0) is 20.9. The third-order valence-corrected chi connectivity index (χ3v) is 5.87. The van der Waals surface area contributed by atoms with Crippen LogP contribution in [0.15, 0.2) is 47.4 Å². The van der Waals surface area contributed by atoms with Crippen molar-refractivity contribution in [1.82, 2.24) is 4.72 Å². The van der Waals surface area contributed by atoms with Gasteiger partial charge in [-0.05, 0) is 61.2 Å². The van der Waals surface area contributed by atoms with E-state index in [0.29, 0.717) is 22.9 Å². The molecule has 6 nitrogen and oxygen atoms in total. The van der Waals surface area contributed by atoms with Crippen LogP contribution in [-0.2, 0) is 14.8 Å². The lowest BCUT2D eigenvalue weighted by molar-refractivity contribution is -0.118. The van der Waals surface area contributed by atoms with Crippen molar-refractivity contribution in [3.8, 4) is 5.75 Å². The van der Waals surface area contributed by atoms with Crippen LogP contribution in [0.2, 0.25) is 5.02 Å². The van der Waals surface area contributed by atoms with Gasteiger partial charge in [0.1, 0.15) is 11.8 Å². The smallest absolute Gasteiger partial charge is 0.242 e. The summed E-state index contributed by atoms with van der Waals surface area (Å²) < 4.78 is 33.1. The molecule has 8 heteroatoms. The van der Waals surface area contributed by atoms with E-state index in [1.807, 2.05) is 20.8 Å². The summed E-state index contributed by atoms with van der Waals surface area (Å²) in [6, 6.07) is 10.2. The Bertz CT molecular complexity index is 928. The zero-order valence-electron chi connectivity index (χ0n) is 16.3. The Hall–Kier alpha value is -2.09. The van der Waals surface area contributed by atoms with Crippen LogP contribution in [0.25, 0.3) is 0 Å². The summed E-state index contributed by atoms with van der Waals surface area (Å²) in [5.74, 6) is 0.220. The van der Waals surface area contributed by atoms with Crippen LogP contribution >= 0.6 is 11.6 Å². The molecule has 1 atom stereocenters. The maximum absolute atomic E-state index is 12.8. The van der Waals surface area contributed by atoms with Crippen molar-refractivity contribution >= 4 is 33.2 Å². The third-order valence-electron chi connectivity index (χ3n) is 4.15. The Morgan fingerprint density at radius 1 is 1.14 bits per heavy atom. The normalized spacial score (nSPS) is 12.6. The van der Waals surface area contributed by atoms with Crippen LogP contribution < -0.4 is 14.8 Å². The fourth-order valence-electron chi connectivity index (χ4n) is 2.64. The van der Waals surface area contributed by atoms with E-state index in [-0.39, 0.29) is 10.8 Å². The number of sulfonamides is 1. The minimum Gasteiger partial charge on any atom is -0.497 e. The van der Waals surface area contributed by atoms with E-state index in [9.17, 15) is 13.2 Å². The molecule has 0 saturated carbocycles. The molecule has 0 spiro atoms. The van der Waals surface area contributed by atoms with Crippen molar-refractivity contribution in [3.05, 3.63) is 53.1 Å². The van der Waals surface area contributed by atoms with Gasteiger partial charge in [0, 0.05) is 10.7 Å². The highest BCUT2D eigenvalue weighted by molar-refractivity contribution is 7.89. The minimum absolute atomic E-state index is 0.0637. The molecule has 2 N–H and O–H groups in total. The van der Waals surface area contributed by atoms with E-state index in [1.54, 1.807) is 30.3 Å². The van der Waals surface area contributed by atoms with Crippen molar-refractivity contribution in [2.24, 2.45) is 5.92 Å². The summed E-state index contributed by atoms with van der Waals surface area (Å²) in [6.45, 7) is 5.68. The standard InChI is InChI=1S/C20H25ClN2O4S/c1-13(2)11-19(20(24)22-18-12-15(21)6-5-14(18)3)23-28(25,26)17-9-7-16(27-4)8-10-17/h5-10,12-13,19,23H,11H2,1-4H3,(H,22,24)/t19-/m0/s1. The van der Waals surface area contributed by atoms with Gasteiger partial charge in [-0.25, -0.2) is 8.42 Å². The third kappa shape index (κ3) is 5.95. The van der Waals surface area contributed by atoms with Crippen LogP contribution in [0.4, 0.5) is 5.69 Å². The molecule has 1 amide bonds. The number of ether oxygens (including phenoxy) is 1.